The van der Waals surface area contributed by atoms with Gasteiger partial charge in [0, 0.05) is 10.0 Å². The summed E-state index contributed by atoms with van der Waals surface area (Å²) >= 11 is 3.29. The Balaban J connectivity index is 1.39. The highest BCUT2D eigenvalue weighted by atomic mass is 79.9. The number of halogens is 1. The number of fused-ring (bicyclic) bond motifs is 5. The number of carbonyl (C=O) groups excluding carboxylic acids is 4. The Labute approximate surface area is 164 Å². The third kappa shape index (κ3) is 2.94. The maximum atomic E-state index is 12.7. The van der Waals surface area contributed by atoms with E-state index in [1.165, 1.54) is 6.92 Å². The number of nitrogens with zero attached hydrogens (tertiary/aromatic N) is 1. The van der Waals surface area contributed by atoms with Gasteiger partial charge in [0.25, 0.3) is 0 Å². The maximum Gasteiger partial charge on any atom is 0.329 e. The van der Waals surface area contributed by atoms with Gasteiger partial charge in [0.05, 0.1) is 11.8 Å². The molecule has 1 aromatic carbocycles. The molecule has 1 aromatic rings. The van der Waals surface area contributed by atoms with Crippen molar-refractivity contribution >= 4 is 39.5 Å². The van der Waals surface area contributed by atoms with Crippen molar-refractivity contribution in [2.75, 3.05) is 6.61 Å². The molecule has 6 nitrogen and oxygen atoms in total. The monoisotopic (exact) mass is 431 g/mol. The van der Waals surface area contributed by atoms with E-state index in [1.807, 2.05) is 12.2 Å². The molecule has 2 amide bonds. The van der Waals surface area contributed by atoms with Gasteiger partial charge in [0.15, 0.2) is 12.4 Å². The number of ether oxygens (including phenoxy) is 1. The Morgan fingerprint density at radius 1 is 1.11 bits per heavy atom. The second-order valence-electron chi connectivity index (χ2n) is 7.26. The summed E-state index contributed by atoms with van der Waals surface area (Å²) < 4.78 is 5.93. The number of hydrogen-bond donors (Lipinski definition) is 0. The largest absolute Gasteiger partial charge is 0.456 e. The molecule has 1 aliphatic heterocycles. The Kier molecular flexibility index (Phi) is 4.50. The minimum Gasteiger partial charge on any atom is -0.456 e. The summed E-state index contributed by atoms with van der Waals surface area (Å²) in [5.41, 5.74) is 0.421. The summed E-state index contributed by atoms with van der Waals surface area (Å²) in [5.74, 6) is -2.23. The van der Waals surface area contributed by atoms with Crippen LogP contribution in [0.4, 0.5) is 0 Å². The quantitative estimate of drug-likeness (QED) is 0.309. The molecule has 0 radical (unpaired) electrons. The molecule has 1 saturated heterocycles. The number of allylic oxidation sites excluding steroid dienone is 2. The topological polar surface area (TPSA) is 80.8 Å². The van der Waals surface area contributed by atoms with Crippen LogP contribution in [0.5, 0.6) is 0 Å². The number of likely N-dealkylation sites (tertiary alicyclic amines) is 1. The van der Waals surface area contributed by atoms with Crippen LogP contribution in [0.1, 0.15) is 23.7 Å². The van der Waals surface area contributed by atoms with Crippen LogP contribution in [0.3, 0.4) is 0 Å². The SMILES string of the molecule is C[C@H](C(=O)OCC(=O)c1ccc(Br)cc1)N1C(=O)[C@@H]2[C@H](C1=O)[C@H]1C=C[C@H]2C1. The first-order valence-electron chi connectivity index (χ1n) is 8.89. The molecule has 0 spiro atoms. The van der Waals surface area contributed by atoms with E-state index in [-0.39, 0.29) is 41.3 Å². The minimum absolute atomic E-state index is 0.0867. The van der Waals surface area contributed by atoms with Crippen molar-refractivity contribution < 1.29 is 23.9 Å². The summed E-state index contributed by atoms with van der Waals surface area (Å²) in [7, 11) is 0. The Hall–Kier alpha value is -2.28. The van der Waals surface area contributed by atoms with Gasteiger partial charge in [-0.2, -0.15) is 0 Å². The molecule has 5 atom stereocenters. The van der Waals surface area contributed by atoms with Crippen molar-refractivity contribution in [2.24, 2.45) is 23.7 Å². The maximum absolute atomic E-state index is 12.7. The summed E-state index contributed by atoms with van der Waals surface area (Å²) in [4.78, 5) is 51.0. The third-order valence-corrected chi connectivity index (χ3v) is 6.27. The first-order chi connectivity index (χ1) is 12.9. The van der Waals surface area contributed by atoms with Crippen molar-refractivity contribution in [1.29, 1.82) is 0 Å². The van der Waals surface area contributed by atoms with E-state index in [4.69, 9.17) is 4.74 Å². The number of Topliss-reactive ketones (excluding diaryl/α,β-unsaturated/α-hetero) is 1. The number of carbonyl (C=O) groups is 4. The lowest BCUT2D eigenvalue weighted by atomic mass is 9.85. The average Bonchev–Trinajstić information content (AvgIpc) is 3.33. The smallest absolute Gasteiger partial charge is 0.329 e. The van der Waals surface area contributed by atoms with Crippen molar-refractivity contribution in [3.63, 3.8) is 0 Å². The highest BCUT2D eigenvalue weighted by molar-refractivity contribution is 9.10. The molecule has 140 valence electrons. The van der Waals surface area contributed by atoms with Crippen molar-refractivity contribution in [3.05, 3.63) is 46.5 Å². The highest BCUT2D eigenvalue weighted by Crippen LogP contribution is 2.52. The van der Waals surface area contributed by atoms with Crippen LogP contribution in [0.15, 0.2) is 40.9 Å². The van der Waals surface area contributed by atoms with E-state index in [0.29, 0.717) is 5.56 Å². The van der Waals surface area contributed by atoms with Crippen molar-refractivity contribution in [3.8, 4) is 0 Å². The van der Waals surface area contributed by atoms with Gasteiger partial charge in [0.2, 0.25) is 11.8 Å². The van der Waals surface area contributed by atoms with Gasteiger partial charge >= 0.3 is 5.97 Å². The van der Waals surface area contributed by atoms with Crippen LogP contribution < -0.4 is 0 Å². The molecule has 0 unspecified atom stereocenters. The predicted molar refractivity (Wildman–Crippen MR) is 98.5 cm³/mol. The van der Waals surface area contributed by atoms with Gasteiger partial charge in [-0.05, 0) is 37.3 Å². The van der Waals surface area contributed by atoms with E-state index in [2.05, 4.69) is 15.9 Å². The second-order valence-corrected chi connectivity index (χ2v) is 8.18. The first kappa shape index (κ1) is 18.1. The molecular formula is C20H18BrNO5. The molecule has 3 aliphatic rings. The molecule has 7 heteroatoms. The minimum atomic E-state index is -1.03. The van der Waals surface area contributed by atoms with Crippen LogP contribution in [-0.4, -0.2) is 41.1 Å². The molecule has 2 aliphatic carbocycles. The van der Waals surface area contributed by atoms with Gasteiger partial charge in [0.1, 0.15) is 6.04 Å². The molecular weight excluding hydrogens is 414 g/mol. The fraction of sp³-hybridized carbons (Fsp3) is 0.400. The van der Waals surface area contributed by atoms with E-state index >= 15 is 0 Å². The normalized spacial score (nSPS) is 29.2. The van der Waals surface area contributed by atoms with E-state index in [9.17, 15) is 19.2 Å². The number of benzene rings is 1. The van der Waals surface area contributed by atoms with Gasteiger partial charge in [-0.1, -0.05) is 40.2 Å². The zero-order chi connectivity index (χ0) is 19.3. The van der Waals surface area contributed by atoms with E-state index < -0.39 is 18.6 Å². The second kappa shape index (κ2) is 6.71. The van der Waals surface area contributed by atoms with Crippen LogP contribution in [0, 0.1) is 23.7 Å². The number of hydrogen-bond acceptors (Lipinski definition) is 5. The van der Waals surface area contributed by atoms with Gasteiger partial charge < -0.3 is 4.74 Å². The number of amides is 2. The van der Waals surface area contributed by atoms with Crippen LogP contribution in [0.2, 0.25) is 0 Å². The lowest BCUT2D eigenvalue weighted by molar-refractivity contribution is -0.157. The van der Waals surface area contributed by atoms with Crippen molar-refractivity contribution in [2.45, 2.75) is 19.4 Å². The lowest BCUT2D eigenvalue weighted by Crippen LogP contribution is -2.45. The molecule has 0 aromatic heterocycles. The number of imide groups is 1. The average molecular weight is 432 g/mol. The Morgan fingerprint density at radius 2 is 1.67 bits per heavy atom. The summed E-state index contributed by atoms with van der Waals surface area (Å²) in [6.45, 7) is 1.04. The van der Waals surface area contributed by atoms with Crippen molar-refractivity contribution in [1.82, 2.24) is 4.90 Å². The molecule has 4 rings (SSSR count). The third-order valence-electron chi connectivity index (χ3n) is 5.74. The molecule has 2 bridgehead atoms. The van der Waals surface area contributed by atoms with Gasteiger partial charge in [-0.25, -0.2) is 4.79 Å². The zero-order valence-electron chi connectivity index (χ0n) is 14.6. The summed E-state index contributed by atoms with van der Waals surface area (Å²) in [6.07, 6.45) is 4.84. The summed E-state index contributed by atoms with van der Waals surface area (Å²) in [6, 6.07) is 5.66. The van der Waals surface area contributed by atoms with Gasteiger partial charge in [-0.3, -0.25) is 19.3 Å². The summed E-state index contributed by atoms with van der Waals surface area (Å²) in [5, 5.41) is 0. The predicted octanol–water partition coefficient (Wildman–Crippen LogP) is 2.37. The molecule has 0 N–H and O–H groups in total. The molecule has 1 heterocycles. The highest BCUT2D eigenvalue weighted by Gasteiger charge is 2.60. The lowest BCUT2D eigenvalue weighted by Gasteiger charge is -2.23. The van der Waals surface area contributed by atoms with Crippen LogP contribution in [-0.2, 0) is 19.1 Å². The number of ketones is 1. The number of esters is 1. The molecule has 1 saturated carbocycles. The standard InChI is InChI=1S/C20H18BrNO5/c1-10(20(26)27-9-15(23)11-4-6-14(21)7-5-11)22-18(24)16-12-2-3-13(8-12)17(16)19(22)25/h2-7,10,12-13,16-17H,8-9H2,1H3/t10-,12+,13+,16-,17+/m1/s1. The molecule has 2 fully saturated rings. The van der Waals surface area contributed by atoms with Gasteiger partial charge in [-0.15, -0.1) is 0 Å². The van der Waals surface area contributed by atoms with E-state index in [1.54, 1.807) is 24.3 Å². The Bertz CT molecular complexity index is 832. The van der Waals surface area contributed by atoms with E-state index in [0.717, 1.165) is 15.8 Å². The fourth-order valence-corrected chi connectivity index (χ4v) is 4.65. The van der Waals surface area contributed by atoms with Crippen LogP contribution in [0.25, 0.3) is 0 Å². The first-order valence-corrected chi connectivity index (χ1v) is 9.68. The van der Waals surface area contributed by atoms with Crippen LogP contribution >= 0.6 is 15.9 Å². The zero-order valence-corrected chi connectivity index (χ0v) is 16.2. The molecule has 27 heavy (non-hydrogen) atoms. The number of rotatable bonds is 5. The Morgan fingerprint density at radius 3 is 2.22 bits per heavy atom. The fourth-order valence-electron chi connectivity index (χ4n) is 4.39.